The van der Waals surface area contributed by atoms with Gasteiger partial charge in [-0.3, -0.25) is 19.4 Å². The standard InChI is InChI=1S/C22H12F6N6O/c1-34-19(20(35)32-12-6-8-30-15(9-12)21(23,24)25)16(22(26,27)28)18(33-34)14-5-4-11(10-29)17-13(14)3-2-7-31-17/h2-9H,1H3,(H,30,32,35). The summed E-state index contributed by atoms with van der Waals surface area (Å²) in [6.07, 6.45) is -7.73. The van der Waals surface area contributed by atoms with Crippen molar-refractivity contribution in [3.8, 4) is 17.3 Å². The Hall–Kier alpha value is -4.47. The van der Waals surface area contributed by atoms with Crippen molar-refractivity contribution < 1.29 is 31.1 Å². The molecule has 7 nitrogen and oxygen atoms in total. The van der Waals surface area contributed by atoms with Crippen LogP contribution in [0.4, 0.5) is 32.0 Å². The molecule has 4 rings (SSSR count). The molecule has 0 spiro atoms. The number of benzene rings is 1. The van der Waals surface area contributed by atoms with Crippen LogP contribution in [0.15, 0.2) is 48.8 Å². The molecule has 0 fully saturated rings. The lowest BCUT2D eigenvalue weighted by atomic mass is 9.98. The lowest BCUT2D eigenvalue weighted by molar-refractivity contribution is -0.141. The van der Waals surface area contributed by atoms with Crippen molar-refractivity contribution in [3.63, 3.8) is 0 Å². The van der Waals surface area contributed by atoms with Gasteiger partial charge in [0.15, 0.2) is 0 Å². The number of aryl methyl sites for hydroxylation is 1. The number of nitriles is 1. The topological polar surface area (TPSA) is 96.5 Å². The summed E-state index contributed by atoms with van der Waals surface area (Å²) in [5, 5.41) is 15.4. The molecule has 4 aromatic rings. The van der Waals surface area contributed by atoms with Gasteiger partial charge in [0.25, 0.3) is 5.91 Å². The molecular weight excluding hydrogens is 478 g/mol. The van der Waals surface area contributed by atoms with Crippen LogP contribution in [0.25, 0.3) is 22.2 Å². The maximum Gasteiger partial charge on any atom is 0.433 e. The van der Waals surface area contributed by atoms with Gasteiger partial charge in [-0.1, -0.05) is 12.1 Å². The molecule has 0 unspecified atom stereocenters. The molecule has 0 radical (unpaired) electrons. The highest BCUT2D eigenvalue weighted by atomic mass is 19.4. The summed E-state index contributed by atoms with van der Waals surface area (Å²) in [6.45, 7) is 0. The predicted molar refractivity (Wildman–Crippen MR) is 111 cm³/mol. The van der Waals surface area contributed by atoms with Crippen LogP contribution in [0.2, 0.25) is 0 Å². The van der Waals surface area contributed by atoms with Crippen molar-refractivity contribution in [1.29, 1.82) is 5.26 Å². The zero-order valence-corrected chi connectivity index (χ0v) is 17.5. The molecule has 178 valence electrons. The molecule has 0 bridgehead atoms. The van der Waals surface area contributed by atoms with Crippen LogP contribution in [0, 0.1) is 11.3 Å². The Balaban J connectivity index is 1.87. The Morgan fingerprint density at radius 2 is 1.77 bits per heavy atom. The van der Waals surface area contributed by atoms with Crippen LogP contribution < -0.4 is 5.32 Å². The summed E-state index contributed by atoms with van der Waals surface area (Å²) in [6, 6.07) is 8.91. The monoisotopic (exact) mass is 490 g/mol. The molecule has 0 aliphatic carbocycles. The molecule has 0 saturated heterocycles. The van der Waals surface area contributed by atoms with E-state index in [0.717, 1.165) is 19.3 Å². The SMILES string of the molecule is Cn1nc(-c2ccc(C#N)c3ncccc23)c(C(F)(F)F)c1C(=O)Nc1ccnc(C(F)(F)F)c1. The number of rotatable bonds is 3. The fraction of sp³-hybridized carbons (Fsp3) is 0.136. The van der Waals surface area contributed by atoms with Crippen LogP contribution in [-0.2, 0) is 19.4 Å². The molecule has 1 aromatic carbocycles. The van der Waals surface area contributed by atoms with E-state index in [2.05, 4.69) is 15.1 Å². The molecule has 0 aliphatic heterocycles. The van der Waals surface area contributed by atoms with Crippen LogP contribution in [0.5, 0.6) is 0 Å². The Morgan fingerprint density at radius 1 is 1.03 bits per heavy atom. The van der Waals surface area contributed by atoms with Crippen molar-refractivity contribution in [2.24, 2.45) is 7.05 Å². The van der Waals surface area contributed by atoms with Gasteiger partial charge in [0.2, 0.25) is 0 Å². The Labute approximate surface area is 192 Å². The van der Waals surface area contributed by atoms with Gasteiger partial charge in [-0.05, 0) is 24.3 Å². The first-order valence-electron chi connectivity index (χ1n) is 9.69. The predicted octanol–water partition coefficient (Wildman–Crippen LogP) is 5.19. The number of alkyl halides is 6. The highest BCUT2D eigenvalue weighted by Crippen LogP contribution is 2.41. The summed E-state index contributed by atoms with van der Waals surface area (Å²) >= 11 is 0. The van der Waals surface area contributed by atoms with Crippen molar-refractivity contribution in [2.75, 3.05) is 5.32 Å². The fourth-order valence-electron chi connectivity index (χ4n) is 3.56. The van der Waals surface area contributed by atoms with E-state index in [0.29, 0.717) is 10.7 Å². The van der Waals surface area contributed by atoms with Gasteiger partial charge < -0.3 is 5.32 Å². The lowest BCUT2D eigenvalue weighted by Gasteiger charge is -2.13. The average molecular weight is 490 g/mol. The minimum Gasteiger partial charge on any atom is -0.321 e. The second-order valence-corrected chi connectivity index (χ2v) is 7.25. The number of pyridine rings is 2. The largest absolute Gasteiger partial charge is 0.433 e. The minimum absolute atomic E-state index is 0.0302. The molecule has 1 N–H and O–H groups in total. The van der Waals surface area contributed by atoms with E-state index in [1.807, 2.05) is 11.4 Å². The number of halogens is 6. The second-order valence-electron chi connectivity index (χ2n) is 7.25. The zero-order chi connectivity index (χ0) is 25.5. The highest BCUT2D eigenvalue weighted by molar-refractivity contribution is 6.06. The Bertz CT molecular complexity index is 1500. The Morgan fingerprint density at radius 3 is 2.43 bits per heavy atom. The number of carbonyl (C=O) groups excluding carboxylic acids is 1. The Kier molecular flexibility index (Phi) is 5.68. The van der Waals surface area contributed by atoms with Gasteiger partial charge in [-0.25, -0.2) is 0 Å². The first-order valence-corrected chi connectivity index (χ1v) is 9.69. The second kappa shape index (κ2) is 8.39. The number of amides is 1. The van der Waals surface area contributed by atoms with Gasteiger partial charge in [-0.2, -0.15) is 36.7 Å². The zero-order valence-electron chi connectivity index (χ0n) is 17.5. The minimum atomic E-state index is -5.06. The van der Waals surface area contributed by atoms with E-state index in [1.165, 1.54) is 30.5 Å². The van der Waals surface area contributed by atoms with Crippen LogP contribution in [-0.4, -0.2) is 25.7 Å². The maximum atomic E-state index is 14.2. The van der Waals surface area contributed by atoms with Gasteiger partial charge >= 0.3 is 12.4 Å². The molecule has 1 amide bonds. The van der Waals surface area contributed by atoms with Crippen LogP contribution in [0.1, 0.15) is 27.3 Å². The molecule has 3 aromatic heterocycles. The fourth-order valence-corrected chi connectivity index (χ4v) is 3.56. The molecule has 35 heavy (non-hydrogen) atoms. The van der Waals surface area contributed by atoms with Crippen molar-refractivity contribution in [3.05, 3.63) is 71.3 Å². The first kappa shape index (κ1) is 23.7. The number of aromatic nitrogens is 4. The number of nitrogens with zero attached hydrogens (tertiary/aromatic N) is 5. The van der Waals surface area contributed by atoms with Gasteiger partial charge in [-0.15, -0.1) is 0 Å². The molecule has 3 heterocycles. The molecule has 0 aliphatic rings. The van der Waals surface area contributed by atoms with Crippen molar-refractivity contribution in [1.82, 2.24) is 19.7 Å². The van der Waals surface area contributed by atoms with Gasteiger partial charge in [0, 0.05) is 36.1 Å². The smallest absolute Gasteiger partial charge is 0.321 e. The number of hydrogen-bond acceptors (Lipinski definition) is 5. The number of carbonyl (C=O) groups is 1. The third kappa shape index (κ3) is 4.37. The van der Waals surface area contributed by atoms with Crippen molar-refractivity contribution in [2.45, 2.75) is 12.4 Å². The number of hydrogen-bond donors (Lipinski definition) is 1. The van der Waals surface area contributed by atoms with E-state index < -0.39 is 46.6 Å². The number of nitrogens with one attached hydrogen (secondary N) is 1. The summed E-state index contributed by atoms with van der Waals surface area (Å²) in [5.74, 6) is -1.33. The van der Waals surface area contributed by atoms with E-state index in [9.17, 15) is 36.4 Å². The van der Waals surface area contributed by atoms with Crippen LogP contribution in [0.3, 0.4) is 0 Å². The quantitative estimate of drug-likeness (QED) is 0.399. The molecular formula is C22H12F6N6O. The van der Waals surface area contributed by atoms with E-state index in [4.69, 9.17) is 0 Å². The summed E-state index contributed by atoms with van der Waals surface area (Å²) < 4.78 is 82.1. The summed E-state index contributed by atoms with van der Waals surface area (Å²) in [4.78, 5) is 20.1. The lowest BCUT2D eigenvalue weighted by Crippen LogP contribution is -2.21. The van der Waals surface area contributed by atoms with Crippen molar-refractivity contribution >= 4 is 22.5 Å². The summed E-state index contributed by atoms with van der Waals surface area (Å²) in [5.41, 5.74) is -4.39. The number of fused-ring (bicyclic) bond motifs is 1. The number of anilines is 1. The summed E-state index contributed by atoms with van der Waals surface area (Å²) in [7, 11) is 1.10. The third-order valence-corrected chi connectivity index (χ3v) is 5.00. The molecule has 13 heteroatoms. The van der Waals surface area contributed by atoms with E-state index in [-0.39, 0.29) is 22.0 Å². The average Bonchev–Trinajstić information content (AvgIpc) is 3.15. The molecule has 0 saturated carbocycles. The third-order valence-electron chi connectivity index (χ3n) is 5.00. The normalized spacial score (nSPS) is 11.9. The molecule has 0 atom stereocenters. The van der Waals surface area contributed by atoms with E-state index >= 15 is 0 Å². The van der Waals surface area contributed by atoms with Gasteiger partial charge in [0.1, 0.15) is 28.7 Å². The maximum absolute atomic E-state index is 14.2. The van der Waals surface area contributed by atoms with E-state index in [1.54, 1.807) is 0 Å². The van der Waals surface area contributed by atoms with Crippen LogP contribution >= 0.6 is 0 Å². The van der Waals surface area contributed by atoms with Gasteiger partial charge in [0.05, 0.1) is 11.1 Å². The highest BCUT2D eigenvalue weighted by Gasteiger charge is 2.42. The first-order chi connectivity index (χ1) is 16.4.